The Labute approximate surface area is 176 Å². The minimum Gasteiger partial charge on any atom is -0.468 e. The van der Waals surface area contributed by atoms with Crippen LogP contribution in [0.1, 0.15) is 30.4 Å². The van der Waals surface area contributed by atoms with Crippen LogP contribution in [0.5, 0.6) is 0 Å². The molecule has 0 bridgehead atoms. The summed E-state index contributed by atoms with van der Waals surface area (Å²) in [6, 6.07) is 17.6. The highest BCUT2D eigenvalue weighted by Gasteiger charge is 2.72. The standard InChI is InChI=1S/C25H25NO4/c1-5-18-15-24(22(27)29-3,23(28)30-4)21(17-11-7-6-8-12-17)25(18)16(2)26-20-14-10-9-13-19(20)25/h5-14,18,21H,1,15H2,2-4H3/t18-,21+,25+/m0/s1. The minimum atomic E-state index is -1.52. The molecule has 0 unspecified atom stereocenters. The summed E-state index contributed by atoms with van der Waals surface area (Å²) in [4.78, 5) is 31.5. The number of hydrogen-bond donors (Lipinski definition) is 0. The van der Waals surface area contributed by atoms with E-state index in [9.17, 15) is 9.59 Å². The van der Waals surface area contributed by atoms with Crippen molar-refractivity contribution >= 4 is 23.3 Å². The molecule has 2 aliphatic rings. The van der Waals surface area contributed by atoms with Gasteiger partial charge in [0.25, 0.3) is 0 Å². The molecule has 154 valence electrons. The maximum atomic E-state index is 13.3. The Morgan fingerprint density at radius 2 is 1.63 bits per heavy atom. The number of carbonyl (C=O) groups excluding carboxylic acids is 2. The first kappa shape index (κ1) is 20.1. The van der Waals surface area contributed by atoms with Crippen LogP contribution in [0.2, 0.25) is 0 Å². The van der Waals surface area contributed by atoms with Crippen LogP contribution in [-0.4, -0.2) is 31.9 Å². The van der Waals surface area contributed by atoms with Crippen molar-refractivity contribution in [2.75, 3.05) is 14.2 Å². The molecule has 0 N–H and O–H groups in total. The number of carbonyl (C=O) groups is 2. The number of esters is 2. The number of para-hydroxylation sites is 1. The van der Waals surface area contributed by atoms with Gasteiger partial charge in [-0.2, -0.15) is 0 Å². The highest BCUT2D eigenvalue weighted by molar-refractivity contribution is 6.09. The van der Waals surface area contributed by atoms with Gasteiger partial charge in [-0.25, -0.2) is 0 Å². The first-order valence-corrected chi connectivity index (χ1v) is 9.98. The monoisotopic (exact) mass is 403 g/mol. The molecule has 1 fully saturated rings. The predicted octanol–water partition coefficient (Wildman–Crippen LogP) is 4.35. The van der Waals surface area contributed by atoms with E-state index in [0.717, 1.165) is 22.5 Å². The van der Waals surface area contributed by atoms with E-state index < -0.39 is 28.7 Å². The van der Waals surface area contributed by atoms with Crippen LogP contribution >= 0.6 is 0 Å². The van der Waals surface area contributed by atoms with E-state index in [1.807, 2.05) is 67.6 Å². The van der Waals surface area contributed by atoms with Crippen molar-refractivity contribution in [3.63, 3.8) is 0 Å². The Kier molecular flexibility index (Phi) is 4.85. The van der Waals surface area contributed by atoms with E-state index in [4.69, 9.17) is 14.5 Å². The Balaban J connectivity index is 2.12. The fourth-order valence-corrected chi connectivity index (χ4v) is 5.76. The Hall–Kier alpha value is -3.21. The summed E-state index contributed by atoms with van der Waals surface area (Å²) >= 11 is 0. The molecule has 1 spiro atoms. The SMILES string of the molecule is C=C[C@H]1CC(C(=O)OC)(C(=O)OC)[C@@H](c2ccccc2)[C@]12C(C)=Nc1ccccc12. The molecule has 0 saturated heterocycles. The number of hydrogen-bond acceptors (Lipinski definition) is 5. The summed E-state index contributed by atoms with van der Waals surface area (Å²) in [5.74, 6) is -1.96. The molecule has 5 nitrogen and oxygen atoms in total. The molecule has 1 heterocycles. The van der Waals surface area contributed by atoms with E-state index in [1.54, 1.807) is 0 Å². The number of aliphatic imine (C=N–C) groups is 1. The van der Waals surface area contributed by atoms with Gasteiger partial charge in [0, 0.05) is 11.6 Å². The summed E-state index contributed by atoms with van der Waals surface area (Å²) < 4.78 is 10.4. The summed E-state index contributed by atoms with van der Waals surface area (Å²) in [6.45, 7) is 6.04. The zero-order valence-electron chi connectivity index (χ0n) is 17.4. The molecule has 2 aromatic carbocycles. The lowest BCUT2D eigenvalue weighted by Crippen LogP contribution is -2.49. The van der Waals surface area contributed by atoms with Gasteiger partial charge < -0.3 is 9.47 Å². The van der Waals surface area contributed by atoms with Crippen molar-refractivity contribution in [3.05, 3.63) is 78.4 Å². The van der Waals surface area contributed by atoms with E-state index in [2.05, 4.69) is 6.58 Å². The van der Waals surface area contributed by atoms with Crippen LogP contribution in [0.4, 0.5) is 5.69 Å². The summed E-state index contributed by atoms with van der Waals surface area (Å²) in [5.41, 5.74) is 1.35. The molecule has 30 heavy (non-hydrogen) atoms. The van der Waals surface area contributed by atoms with Crippen LogP contribution in [0, 0.1) is 11.3 Å². The number of allylic oxidation sites excluding steroid dienone is 1. The normalized spacial score (nSPS) is 26.0. The number of nitrogens with zero attached hydrogens (tertiary/aromatic N) is 1. The zero-order chi connectivity index (χ0) is 21.5. The smallest absolute Gasteiger partial charge is 0.323 e. The van der Waals surface area contributed by atoms with Crippen molar-refractivity contribution in [1.82, 2.24) is 0 Å². The fraction of sp³-hybridized carbons (Fsp3) is 0.320. The van der Waals surface area contributed by atoms with Gasteiger partial charge in [-0.15, -0.1) is 6.58 Å². The van der Waals surface area contributed by atoms with Crippen molar-refractivity contribution in [1.29, 1.82) is 0 Å². The second-order valence-electron chi connectivity index (χ2n) is 7.93. The number of ether oxygens (including phenoxy) is 2. The number of methoxy groups -OCH3 is 2. The van der Waals surface area contributed by atoms with Crippen molar-refractivity contribution in [2.45, 2.75) is 24.7 Å². The lowest BCUT2D eigenvalue weighted by Gasteiger charge is -2.41. The molecular formula is C25H25NO4. The molecule has 1 aliphatic carbocycles. The number of fused-ring (bicyclic) bond motifs is 2. The summed E-state index contributed by atoms with van der Waals surface area (Å²) in [5, 5.41) is 0. The van der Waals surface area contributed by atoms with Crippen molar-refractivity contribution in [3.8, 4) is 0 Å². The molecule has 3 atom stereocenters. The lowest BCUT2D eigenvalue weighted by atomic mass is 9.59. The van der Waals surface area contributed by atoms with Gasteiger partial charge in [0.15, 0.2) is 5.41 Å². The molecule has 2 aromatic rings. The molecule has 5 heteroatoms. The highest BCUT2D eigenvalue weighted by Crippen LogP contribution is 2.67. The molecule has 1 aliphatic heterocycles. The van der Waals surface area contributed by atoms with Gasteiger partial charge in [-0.3, -0.25) is 14.6 Å². The lowest BCUT2D eigenvalue weighted by molar-refractivity contribution is -0.170. The largest absolute Gasteiger partial charge is 0.468 e. The first-order chi connectivity index (χ1) is 14.5. The second-order valence-corrected chi connectivity index (χ2v) is 7.93. The number of benzene rings is 2. The highest BCUT2D eigenvalue weighted by atomic mass is 16.5. The second kappa shape index (κ2) is 7.24. The van der Waals surface area contributed by atoms with E-state index in [-0.39, 0.29) is 12.3 Å². The average Bonchev–Trinajstić information content (AvgIpc) is 3.27. The van der Waals surface area contributed by atoms with Gasteiger partial charge in [0.05, 0.1) is 25.3 Å². The molecule has 1 saturated carbocycles. The van der Waals surface area contributed by atoms with Gasteiger partial charge >= 0.3 is 11.9 Å². The zero-order valence-corrected chi connectivity index (χ0v) is 17.4. The van der Waals surface area contributed by atoms with Crippen LogP contribution in [-0.2, 0) is 24.5 Å². The maximum absolute atomic E-state index is 13.3. The van der Waals surface area contributed by atoms with E-state index in [1.165, 1.54) is 14.2 Å². The van der Waals surface area contributed by atoms with Crippen LogP contribution in [0.3, 0.4) is 0 Å². The quantitative estimate of drug-likeness (QED) is 0.432. The average molecular weight is 403 g/mol. The fourth-order valence-electron chi connectivity index (χ4n) is 5.76. The van der Waals surface area contributed by atoms with Gasteiger partial charge in [0.2, 0.25) is 0 Å². The molecular weight excluding hydrogens is 378 g/mol. The van der Waals surface area contributed by atoms with Crippen LogP contribution in [0.25, 0.3) is 0 Å². The minimum absolute atomic E-state index is 0.215. The van der Waals surface area contributed by atoms with Gasteiger partial charge in [-0.1, -0.05) is 54.6 Å². The third kappa shape index (κ3) is 2.38. The van der Waals surface area contributed by atoms with Crippen molar-refractivity contribution < 1.29 is 19.1 Å². The number of rotatable bonds is 4. The van der Waals surface area contributed by atoms with Gasteiger partial charge in [0.1, 0.15) is 0 Å². The molecule has 4 rings (SSSR count). The van der Waals surface area contributed by atoms with Crippen molar-refractivity contribution in [2.24, 2.45) is 16.3 Å². The third-order valence-corrected chi connectivity index (χ3v) is 6.83. The summed E-state index contributed by atoms with van der Waals surface area (Å²) in [6.07, 6.45) is 2.07. The topological polar surface area (TPSA) is 65.0 Å². The predicted molar refractivity (Wildman–Crippen MR) is 115 cm³/mol. The molecule has 0 radical (unpaired) electrons. The molecule has 0 amide bonds. The van der Waals surface area contributed by atoms with Crippen LogP contribution < -0.4 is 0 Å². The molecule has 0 aromatic heterocycles. The van der Waals surface area contributed by atoms with Crippen LogP contribution in [0.15, 0.2) is 72.2 Å². The Morgan fingerprint density at radius 1 is 1.03 bits per heavy atom. The van der Waals surface area contributed by atoms with E-state index in [0.29, 0.717) is 0 Å². The maximum Gasteiger partial charge on any atom is 0.323 e. The Bertz CT molecular complexity index is 1030. The Morgan fingerprint density at radius 3 is 2.23 bits per heavy atom. The van der Waals surface area contributed by atoms with E-state index >= 15 is 0 Å². The first-order valence-electron chi connectivity index (χ1n) is 9.98. The van der Waals surface area contributed by atoms with Gasteiger partial charge in [-0.05, 0) is 36.5 Å². The third-order valence-electron chi connectivity index (χ3n) is 6.83. The summed E-state index contributed by atoms with van der Waals surface area (Å²) in [7, 11) is 2.62.